The van der Waals surface area contributed by atoms with Crippen molar-refractivity contribution in [1.82, 2.24) is 15.5 Å². The van der Waals surface area contributed by atoms with Crippen LogP contribution in [0.2, 0.25) is 0 Å². The third-order valence-corrected chi connectivity index (χ3v) is 6.26. The van der Waals surface area contributed by atoms with Gasteiger partial charge >= 0.3 is 6.03 Å². The molecule has 4 atom stereocenters. The topological polar surface area (TPSA) is 57.5 Å². The maximum Gasteiger partial charge on any atom is 0.315 e. The molecule has 5 heteroatoms. The van der Waals surface area contributed by atoms with E-state index >= 15 is 0 Å². The van der Waals surface area contributed by atoms with Crippen molar-refractivity contribution in [3.63, 3.8) is 0 Å². The van der Waals surface area contributed by atoms with Gasteiger partial charge in [-0.2, -0.15) is 0 Å². The highest BCUT2D eigenvalue weighted by molar-refractivity contribution is 5.74. The molecule has 4 rings (SSSR count). The lowest BCUT2D eigenvalue weighted by Gasteiger charge is -2.47. The number of hydrogen-bond acceptors (Lipinski definition) is 3. The van der Waals surface area contributed by atoms with Crippen LogP contribution in [0, 0.1) is 5.92 Å². The molecule has 3 heterocycles. The number of carbonyl (C=O) groups is 1. The molecule has 1 aromatic heterocycles. The fourth-order valence-corrected chi connectivity index (χ4v) is 4.54. The average molecular weight is 331 g/mol. The van der Waals surface area contributed by atoms with Gasteiger partial charge in [-0.3, -0.25) is 0 Å². The van der Waals surface area contributed by atoms with Gasteiger partial charge in [0.15, 0.2) is 0 Å². The molecular weight excluding hydrogens is 302 g/mol. The molecule has 5 nitrogen and oxygen atoms in total. The van der Waals surface area contributed by atoms with Gasteiger partial charge in [0, 0.05) is 24.0 Å². The summed E-state index contributed by atoms with van der Waals surface area (Å²) < 4.78 is 5.84. The monoisotopic (exact) mass is 331 g/mol. The molecule has 2 saturated heterocycles. The van der Waals surface area contributed by atoms with Crippen molar-refractivity contribution in [2.24, 2.45) is 5.92 Å². The van der Waals surface area contributed by atoms with Crippen molar-refractivity contribution in [2.75, 3.05) is 7.05 Å². The van der Waals surface area contributed by atoms with Crippen LogP contribution in [0.4, 0.5) is 4.79 Å². The van der Waals surface area contributed by atoms with Crippen LogP contribution in [0.5, 0.6) is 0 Å². The molecule has 2 N–H and O–H groups in total. The number of carbonyl (C=O) groups excluding carboxylic acids is 1. The average Bonchev–Trinajstić information content (AvgIpc) is 3.08. The number of nitrogens with one attached hydrogen (secondary N) is 2. The van der Waals surface area contributed by atoms with Crippen LogP contribution in [0.1, 0.15) is 62.9 Å². The van der Waals surface area contributed by atoms with E-state index in [9.17, 15) is 4.79 Å². The molecule has 0 radical (unpaired) electrons. The summed E-state index contributed by atoms with van der Waals surface area (Å²) in [5.41, 5.74) is 0. The second-order valence-electron chi connectivity index (χ2n) is 8.02. The summed E-state index contributed by atoms with van der Waals surface area (Å²) in [5.74, 6) is 3.25. The number of nitrogens with zero attached hydrogens (tertiary/aromatic N) is 1. The fraction of sp³-hybridized carbons (Fsp3) is 0.737. The maximum atomic E-state index is 12.2. The van der Waals surface area contributed by atoms with Gasteiger partial charge < -0.3 is 20.0 Å². The Hall–Kier alpha value is -1.49. The number of hydrogen-bond donors (Lipinski definition) is 2. The van der Waals surface area contributed by atoms with E-state index in [0.717, 1.165) is 30.3 Å². The van der Waals surface area contributed by atoms with Gasteiger partial charge in [0.05, 0.1) is 6.54 Å². The van der Waals surface area contributed by atoms with Crippen LogP contribution < -0.4 is 10.6 Å². The predicted molar refractivity (Wildman–Crippen MR) is 92.8 cm³/mol. The van der Waals surface area contributed by atoms with Crippen molar-refractivity contribution >= 4 is 6.03 Å². The van der Waals surface area contributed by atoms with Crippen LogP contribution in [-0.2, 0) is 6.54 Å². The lowest BCUT2D eigenvalue weighted by Crippen LogP contribution is -2.56. The van der Waals surface area contributed by atoms with Crippen LogP contribution in [-0.4, -0.2) is 36.1 Å². The number of urea groups is 1. The third kappa shape index (κ3) is 3.32. The Morgan fingerprint density at radius 1 is 1.25 bits per heavy atom. The fourth-order valence-electron chi connectivity index (χ4n) is 4.54. The minimum absolute atomic E-state index is 0.0691. The largest absolute Gasteiger partial charge is 0.464 e. The Labute approximate surface area is 144 Å². The minimum Gasteiger partial charge on any atom is -0.464 e. The Morgan fingerprint density at radius 3 is 2.62 bits per heavy atom. The Kier molecular flexibility index (Phi) is 4.29. The first kappa shape index (κ1) is 16.0. The summed E-state index contributed by atoms with van der Waals surface area (Å²) >= 11 is 0. The number of fused-ring (bicyclic) bond motifs is 2. The Morgan fingerprint density at radius 2 is 1.96 bits per heavy atom. The lowest BCUT2D eigenvalue weighted by atomic mass is 9.82. The molecule has 1 aromatic rings. The van der Waals surface area contributed by atoms with E-state index < -0.39 is 0 Å². The molecule has 2 amide bonds. The zero-order valence-corrected chi connectivity index (χ0v) is 14.8. The Balaban J connectivity index is 1.24. The van der Waals surface area contributed by atoms with Gasteiger partial charge in [0.2, 0.25) is 0 Å². The first-order valence-electron chi connectivity index (χ1n) is 9.45. The minimum atomic E-state index is -0.0691. The molecule has 3 fully saturated rings. The van der Waals surface area contributed by atoms with Crippen LogP contribution in [0.15, 0.2) is 16.5 Å². The van der Waals surface area contributed by atoms with E-state index in [2.05, 4.69) is 35.6 Å². The predicted octanol–water partition coefficient (Wildman–Crippen LogP) is 3.22. The quantitative estimate of drug-likeness (QED) is 0.891. The summed E-state index contributed by atoms with van der Waals surface area (Å²) in [5, 5.41) is 6.12. The van der Waals surface area contributed by atoms with E-state index in [1.165, 1.54) is 25.7 Å². The van der Waals surface area contributed by atoms with E-state index in [1.807, 2.05) is 6.07 Å². The van der Waals surface area contributed by atoms with Crippen molar-refractivity contribution in [2.45, 2.75) is 76.0 Å². The molecule has 4 unspecified atom stereocenters. The van der Waals surface area contributed by atoms with Gasteiger partial charge in [-0.25, -0.2) is 4.79 Å². The van der Waals surface area contributed by atoms with Gasteiger partial charge in [0.1, 0.15) is 11.5 Å². The molecule has 24 heavy (non-hydrogen) atoms. The number of rotatable bonds is 4. The number of piperidine rings is 2. The van der Waals surface area contributed by atoms with Crippen molar-refractivity contribution in [1.29, 1.82) is 0 Å². The van der Waals surface area contributed by atoms with Crippen molar-refractivity contribution in [3.05, 3.63) is 23.7 Å². The molecule has 2 aliphatic heterocycles. The number of amides is 2. The first-order chi connectivity index (χ1) is 11.6. The summed E-state index contributed by atoms with van der Waals surface area (Å²) in [7, 11) is 2.24. The van der Waals surface area contributed by atoms with E-state index in [0.29, 0.717) is 30.6 Å². The smallest absolute Gasteiger partial charge is 0.315 e. The molecule has 0 spiro atoms. The Bertz CT molecular complexity index is 585. The van der Waals surface area contributed by atoms with E-state index in [4.69, 9.17) is 4.42 Å². The van der Waals surface area contributed by atoms with Gasteiger partial charge in [-0.1, -0.05) is 13.3 Å². The molecule has 0 aromatic carbocycles. The standard InChI is InChI=1S/C19H29N3O2/c1-12-8-17(12)18-7-6-16(24-18)11-20-19(23)21-13-9-14-4-3-5-15(10-13)22(14)2/h6-7,12-15,17H,3-5,8-11H2,1-2H3,(H2,20,21,23). The summed E-state index contributed by atoms with van der Waals surface area (Å²) in [4.78, 5) is 14.7. The normalized spacial score (nSPS) is 35.5. The first-order valence-corrected chi connectivity index (χ1v) is 9.45. The molecule has 3 aliphatic rings. The maximum absolute atomic E-state index is 12.2. The van der Waals surface area contributed by atoms with Crippen LogP contribution in [0.25, 0.3) is 0 Å². The van der Waals surface area contributed by atoms with E-state index in [1.54, 1.807) is 0 Å². The highest BCUT2D eigenvalue weighted by Gasteiger charge is 2.37. The van der Waals surface area contributed by atoms with Crippen LogP contribution in [0.3, 0.4) is 0 Å². The van der Waals surface area contributed by atoms with Gasteiger partial charge in [-0.15, -0.1) is 0 Å². The molecular formula is C19H29N3O2. The van der Waals surface area contributed by atoms with Crippen molar-refractivity contribution in [3.8, 4) is 0 Å². The zero-order chi connectivity index (χ0) is 16.7. The second-order valence-corrected chi connectivity index (χ2v) is 8.02. The molecule has 132 valence electrons. The summed E-state index contributed by atoms with van der Waals surface area (Å²) in [6, 6.07) is 5.55. The second kappa shape index (κ2) is 6.43. The van der Waals surface area contributed by atoms with Crippen molar-refractivity contribution < 1.29 is 9.21 Å². The van der Waals surface area contributed by atoms with E-state index in [-0.39, 0.29) is 6.03 Å². The number of furan rings is 1. The summed E-state index contributed by atoms with van der Waals surface area (Å²) in [6.45, 7) is 2.71. The lowest BCUT2D eigenvalue weighted by molar-refractivity contribution is 0.0509. The van der Waals surface area contributed by atoms with Crippen LogP contribution >= 0.6 is 0 Å². The SMILES string of the molecule is CC1CC1c1ccc(CNC(=O)NC2CC3CCCC(C2)N3C)o1. The van der Waals surface area contributed by atoms with Gasteiger partial charge in [0.25, 0.3) is 0 Å². The molecule has 1 aliphatic carbocycles. The molecule has 1 saturated carbocycles. The zero-order valence-electron chi connectivity index (χ0n) is 14.8. The summed E-state index contributed by atoms with van der Waals surface area (Å²) in [6.07, 6.45) is 7.23. The van der Waals surface area contributed by atoms with Gasteiger partial charge in [-0.05, 0) is 57.2 Å². The molecule has 2 bridgehead atoms. The highest BCUT2D eigenvalue weighted by atomic mass is 16.3. The highest BCUT2D eigenvalue weighted by Crippen LogP contribution is 2.47. The third-order valence-electron chi connectivity index (χ3n) is 6.26.